The molecule has 88 valence electrons. The highest BCUT2D eigenvalue weighted by Gasteiger charge is 2.15. The second-order valence-corrected chi connectivity index (χ2v) is 3.71. The molecule has 0 N–H and O–H groups in total. The highest BCUT2D eigenvalue weighted by Crippen LogP contribution is 2.28. The van der Waals surface area contributed by atoms with Crippen LogP contribution in [0.15, 0.2) is 48.9 Å². The van der Waals surface area contributed by atoms with Gasteiger partial charge in [0.1, 0.15) is 5.52 Å². The van der Waals surface area contributed by atoms with Crippen LogP contribution < -0.4 is 0 Å². The summed E-state index contributed by atoms with van der Waals surface area (Å²) in [5, 5.41) is 15.6. The minimum atomic E-state index is -0.406. The third-order valence-corrected chi connectivity index (χ3v) is 2.67. The fourth-order valence-corrected chi connectivity index (χ4v) is 1.90. The Bertz CT molecular complexity index is 722. The minimum Gasteiger partial charge on any atom is -0.258 e. The minimum absolute atomic E-state index is 0.0500. The van der Waals surface area contributed by atoms with Crippen LogP contribution in [0.3, 0.4) is 0 Å². The molecule has 2 aromatic heterocycles. The molecule has 0 atom stereocenters. The van der Waals surface area contributed by atoms with E-state index in [1.54, 1.807) is 47.5 Å². The number of non-ortho nitro benzene ring substituents is 1. The Morgan fingerprint density at radius 3 is 2.78 bits per heavy atom. The monoisotopic (exact) mass is 240 g/mol. The van der Waals surface area contributed by atoms with E-state index in [0.29, 0.717) is 10.9 Å². The summed E-state index contributed by atoms with van der Waals surface area (Å²) < 4.78 is 1.64. The van der Waals surface area contributed by atoms with Gasteiger partial charge in [0.25, 0.3) is 5.69 Å². The molecule has 0 unspecified atom stereocenters. The van der Waals surface area contributed by atoms with Crippen LogP contribution in [-0.4, -0.2) is 19.7 Å². The van der Waals surface area contributed by atoms with Crippen molar-refractivity contribution in [2.24, 2.45) is 0 Å². The lowest BCUT2D eigenvalue weighted by Gasteiger charge is -2.05. The summed E-state index contributed by atoms with van der Waals surface area (Å²) in [6.45, 7) is 0. The van der Waals surface area contributed by atoms with Gasteiger partial charge in [-0.05, 0) is 24.3 Å². The predicted octanol–water partition coefficient (Wildman–Crippen LogP) is 2.33. The van der Waals surface area contributed by atoms with Crippen LogP contribution in [0.1, 0.15) is 0 Å². The molecule has 0 spiro atoms. The van der Waals surface area contributed by atoms with Crippen molar-refractivity contribution in [2.45, 2.75) is 0 Å². The molecule has 18 heavy (non-hydrogen) atoms. The zero-order valence-corrected chi connectivity index (χ0v) is 9.22. The van der Waals surface area contributed by atoms with E-state index in [2.05, 4.69) is 10.1 Å². The first-order valence-corrected chi connectivity index (χ1v) is 5.29. The van der Waals surface area contributed by atoms with Crippen molar-refractivity contribution in [3.63, 3.8) is 0 Å². The van der Waals surface area contributed by atoms with Gasteiger partial charge in [-0.3, -0.25) is 15.1 Å². The molecule has 0 saturated heterocycles. The molecule has 1 aromatic carbocycles. The van der Waals surface area contributed by atoms with E-state index in [0.717, 1.165) is 5.69 Å². The smallest absolute Gasteiger partial charge is 0.258 e. The molecule has 3 aromatic rings. The number of rotatable bonds is 2. The van der Waals surface area contributed by atoms with Gasteiger partial charge in [-0.25, -0.2) is 4.68 Å². The highest BCUT2D eigenvalue weighted by molar-refractivity contribution is 5.93. The summed E-state index contributed by atoms with van der Waals surface area (Å²) in [5.41, 5.74) is 1.34. The van der Waals surface area contributed by atoms with E-state index in [9.17, 15) is 10.1 Å². The molecule has 3 rings (SSSR count). The molecular formula is C12H8N4O2. The first-order chi connectivity index (χ1) is 8.77. The normalized spacial score (nSPS) is 10.7. The highest BCUT2D eigenvalue weighted by atomic mass is 16.6. The van der Waals surface area contributed by atoms with E-state index < -0.39 is 4.92 Å². The summed E-state index contributed by atoms with van der Waals surface area (Å²) >= 11 is 0. The zero-order valence-electron chi connectivity index (χ0n) is 9.22. The van der Waals surface area contributed by atoms with E-state index in [-0.39, 0.29) is 5.69 Å². The van der Waals surface area contributed by atoms with Gasteiger partial charge in [-0.1, -0.05) is 0 Å². The van der Waals surface area contributed by atoms with Gasteiger partial charge in [0.05, 0.1) is 16.0 Å². The van der Waals surface area contributed by atoms with Crippen LogP contribution in [0.5, 0.6) is 0 Å². The number of nitrogens with zero attached hydrogens (tertiary/aromatic N) is 4. The molecule has 2 heterocycles. The Balaban J connectivity index is 2.37. The fraction of sp³-hybridized carbons (Fsp3) is 0. The van der Waals surface area contributed by atoms with Crippen LogP contribution in [0.4, 0.5) is 5.69 Å². The number of nitro benzene ring substituents is 1. The van der Waals surface area contributed by atoms with Crippen molar-refractivity contribution >= 4 is 16.6 Å². The Morgan fingerprint density at radius 1 is 1.17 bits per heavy atom. The molecule has 0 amide bonds. The van der Waals surface area contributed by atoms with Gasteiger partial charge in [0, 0.05) is 24.7 Å². The van der Waals surface area contributed by atoms with Crippen LogP contribution in [0.25, 0.3) is 16.6 Å². The largest absolute Gasteiger partial charge is 0.278 e. The van der Waals surface area contributed by atoms with Gasteiger partial charge in [-0.2, -0.15) is 5.10 Å². The lowest BCUT2D eigenvalue weighted by Crippen LogP contribution is -1.99. The summed E-state index contributed by atoms with van der Waals surface area (Å²) in [7, 11) is 0. The maximum absolute atomic E-state index is 11.0. The van der Waals surface area contributed by atoms with E-state index in [1.807, 2.05) is 0 Å². The number of hydrogen-bond acceptors (Lipinski definition) is 4. The Hall–Kier alpha value is -2.76. The molecule has 0 bridgehead atoms. The third-order valence-electron chi connectivity index (χ3n) is 2.67. The molecule has 0 aliphatic heterocycles. The second kappa shape index (κ2) is 3.92. The average Bonchev–Trinajstić information content (AvgIpc) is 2.91. The van der Waals surface area contributed by atoms with Gasteiger partial charge < -0.3 is 0 Å². The number of aromatic nitrogens is 3. The Labute approximate surface area is 102 Å². The van der Waals surface area contributed by atoms with Gasteiger partial charge in [0.2, 0.25) is 0 Å². The zero-order chi connectivity index (χ0) is 12.5. The average molecular weight is 240 g/mol. The maximum atomic E-state index is 11.0. The number of nitro groups is 1. The number of fused-ring (bicyclic) bond motifs is 1. The summed E-state index contributed by atoms with van der Waals surface area (Å²) in [6, 6.07) is 8.29. The summed E-state index contributed by atoms with van der Waals surface area (Å²) in [5.74, 6) is 0. The molecule has 0 aliphatic rings. The Kier molecular flexibility index (Phi) is 2.26. The lowest BCUT2D eigenvalue weighted by molar-refractivity contribution is -0.383. The number of benzene rings is 1. The van der Waals surface area contributed by atoms with Gasteiger partial charge in [0.15, 0.2) is 0 Å². The van der Waals surface area contributed by atoms with Crippen molar-refractivity contribution in [1.82, 2.24) is 14.8 Å². The topological polar surface area (TPSA) is 73.8 Å². The predicted molar refractivity (Wildman–Crippen MR) is 65.5 cm³/mol. The third kappa shape index (κ3) is 1.51. The van der Waals surface area contributed by atoms with Gasteiger partial charge >= 0.3 is 0 Å². The SMILES string of the molecule is O=[N+]([O-])c1ccc(-n2cccn2)c2ncccc12. The fourth-order valence-electron chi connectivity index (χ4n) is 1.90. The van der Waals surface area contributed by atoms with Crippen LogP contribution in [0, 0.1) is 10.1 Å². The molecular weight excluding hydrogens is 232 g/mol. The summed E-state index contributed by atoms with van der Waals surface area (Å²) in [6.07, 6.45) is 5.03. The second-order valence-electron chi connectivity index (χ2n) is 3.71. The Morgan fingerprint density at radius 2 is 2.06 bits per heavy atom. The first kappa shape index (κ1) is 10.4. The van der Waals surface area contributed by atoms with Crippen LogP contribution in [0.2, 0.25) is 0 Å². The molecule has 6 heteroatoms. The van der Waals surface area contributed by atoms with Crippen molar-refractivity contribution in [1.29, 1.82) is 0 Å². The van der Waals surface area contributed by atoms with Gasteiger partial charge in [-0.15, -0.1) is 0 Å². The molecule has 0 saturated carbocycles. The van der Waals surface area contributed by atoms with Crippen molar-refractivity contribution < 1.29 is 4.92 Å². The first-order valence-electron chi connectivity index (χ1n) is 5.29. The van der Waals surface area contributed by atoms with Crippen molar-refractivity contribution in [3.8, 4) is 5.69 Å². The van der Waals surface area contributed by atoms with Crippen LogP contribution in [-0.2, 0) is 0 Å². The van der Waals surface area contributed by atoms with Crippen molar-refractivity contribution in [3.05, 3.63) is 59.0 Å². The number of hydrogen-bond donors (Lipinski definition) is 0. The van der Waals surface area contributed by atoms with E-state index >= 15 is 0 Å². The number of pyridine rings is 1. The molecule has 6 nitrogen and oxygen atoms in total. The summed E-state index contributed by atoms with van der Waals surface area (Å²) in [4.78, 5) is 14.8. The molecule has 0 fully saturated rings. The maximum Gasteiger partial charge on any atom is 0.278 e. The lowest BCUT2D eigenvalue weighted by atomic mass is 10.1. The molecule has 0 aliphatic carbocycles. The van der Waals surface area contributed by atoms with E-state index in [1.165, 1.54) is 6.07 Å². The standard InChI is InChI=1S/C12H8N4O2/c17-16(18)10-4-5-11(15-8-2-7-14-15)12-9(10)3-1-6-13-12/h1-8H. The van der Waals surface area contributed by atoms with Crippen LogP contribution >= 0.6 is 0 Å². The van der Waals surface area contributed by atoms with E-state index in [4.69, 9.17) is 0 Å². The van der Waals surface area contributed by atoms with Crippen molar-refractivity contribution in [2.75, 3.05) is 0 Å². The quantitative estimate of drug-likeness (QED) is 0.509. The molecule has 0 radical (unpaired) electrons.